The first kappa shape index (κ1) is 32.9. The molecule has 6 unspecified atom stereocenters. The van der Waals surface area contributed by atoms with Gasteiger partial charge in [0.2, 0.25) is 23.0 Å². The number of aliphatic hydroxyl groups excluding tert-OH is 2. The highest BCUT2D eigenvalue weighted by Crippen LogP contribution is 2.51. The van der Waals surface area contributed by atoms with E-state index in [0.29, 0.717) is 0 Å². The zero-order chi connectivity index (χ0) is 32.5. The van der Waals surface area contributed by atoms with Crippen LogP contribution in [-0.2, 0) is 39.9 Å². The number of halogens is 4. The van der Waals surface area contributed by atoms with Crippen LogP contribution in [0.3, 0.4) is 0 Å². The third-order valence-corrected chi connectivity index (χ3v) is 8.40. The third kappa shape index (κ3) is 6.13. The van der Waals surface area contributed by atoms with Crippen molar-refractivity contribution in [1.29, 1.82) is 0 Å². The lowest BCUT2D eigenvalue weighted by Gasteiger charge is -2.38. The summed E-state index contributed by atoms with van der Waals surface area (Å²) in [6.07, 6.45) is -9.29. The fraction of sp³-hybridized carbons (Fsp3) is 0.467. The SMILES string of the molecule is NC(=O)C(OC(=O)C(O)C(O)C(=O)OC(C(N)=O)(c1ccccc1)C1CCC(F)(F)C1)(c1ccccc1)C1CCC(F)(F)C1. The number of alkyl halides is 4. The van der Waals surface area contributed by atoms with Crippen LogP contribution in [0.1, 0.15) is 49.7 Å². The molecule has 6 atom stereocenters. The highest BCUT2D eigenvalue weighted by atomic mass is 19.3. The van der Waals surface area contributed by atoms with E-state index in [0.717, 1.165) is 0 Å². The van der Waals surface area contributed by atoms with Crippen molar-refractivity contribution in [3.8, 4) is 0 Å². The Morgan fingerprint density at radius 1 is 0.682 bits per heavy atom. The Kier molecular flexibility index (Phi) is 9.08. The molecule has 10 nitrogen and oxygen atoms in total. The summed E-state index contributed by atoms with van der Waals surface area (Å²) in [6.45, 7) is 0. The van der Waals surface area contributed by atoms with Gasteiger partial charge in [0, 0.05) is 48.6 Å². The Hall–Kier alpha value is -4.04. The zero-order valence-corrected chi connectivity index (χ0v) is 23.3. The van der Waals surface area contributed by atoms with Crippen molar-refractivity contribution in [1.82, 2.24) is 0 Å². The fourth-order valence-electron chi connectivity index (χ4n) is 6.20. The Labute approximate surface area is 249 Å². The van der Waals surface area contributed by atoms with E-state index in [1.54, 1.807) is 0 Å². The summed E-state index contributed by atoms with van der Waals surface area (Å²) in [7, 11) is 0. The van der Waals surface area contributed by atoms with E-state index in [2.05, 4.69) is 0 Å². The first-order valence-corrected chi connectivity index (χ1v) is 13.8. The summed E-state index contributed by atoms with van der Waals surface area (Å²) in [6, 6.07) is 14.0. The third-order valence-electron chi connectivity index (χ3n) is 8.40. The molecule has 14 heteroatoms. The first-order chi connectivity index (χ1) is 20.6. The van der Waals surface area contributed by atoms with Gasteiger partial charge in [0.15, 0.2) is 12.2 Å². The largest absolute Gasteiger partial charge is 0.442 e. The van der Waals surface area contributed by atoms with Gasteiger partial charge < -0.3 is 31.2 Å². The Balaban J connectivity index is 1.64. The molecule has 2 aromatic rings. The minimum absolute atomic E-state index is 0.0909. The number of primary amides is 2. The molecule has 2 aliphatic rings. The van der Waals surface area contributed by atoms with E-state index >= 15 is 0 Å². The van der Waals surface area contributed by atoms with E-state index in [1.165, 1.54) is 60.7 Å². The van der Waals surface area contributed by atoms with Crippen molar-refractivity contribution in [2.45, 2.75) is 73.8 Å². The van der Waals surface area contributed by atoms with E-state index in [-0.39, 0.29) is 24.0 Å². The van der Waals surface area contributed by atoms with Crippen LogP contribution in [0.5, 0.6) is 0 Å². The second-order valence-corrected chi connectivity index (χ2v) is 11.3. The van der Waals surface area contributed by atoms with Gasteiger partial charge in [0.25, 0.3) is 11.8 Å². The molecule has 0 spiro atoms. The van der Waals surface area contributed by atoms with Crippen molar-refractivity contribution in [3.63, 3.8) is 0 Å². The molecular weight excluding hydrogens is 592 g/mol. The second-order valence-electron chi connectivity index (χ2n) is 11.3. The number of ether oxygens (including phenoxy) is 2. The topological polar surface area (TPSA) is 179 Å². The summed E-state index contributed by atoms with van der Waals surface area (Å²) in [5, 5.41) is 21.4. The van der Waals surface area contributed by atoms with Crippen LogP contribution in [0.15, 0.2) is 60.7 Å². The smallest absolute Gasteiger partial charge is 0.339 e. The minimum Gasteiger partial charge on any atom is -0.442 e. The lowest BCUT2D eigenvalue weighted by molar-refractivity contribution is -0.200. The zero-order valence-electron chi connectivity index (χ0n) is 23.3. The quantitative estimate of drug-likeness (QED) is 0.217. The maximum atomic E-state index is 14.2. The lowest BCUT2D eigenvalue weighted by atomic mass is 9.78. The average Bonchev–Trinajstić information content (AvgIpc) is 3.54. The Morgan fingerprint density at radius 2 is 1.00 bits per heavy atom. The molecule has 2 aliphatic carbocycles. The number of esters is 2. The van der Waals surface area contributed by atoms with Gasteiger partial charge in [0.1, 0.15) is 0 Å². The monoisotopic (exact) mass is 624 g/mol. The van der Waals surface area contributed by atoms with Gasteiger partial charge in [-0.3, -0.25) is 9.59 Å². The van der Waals surface area contributed by atoms with Gasteiger partial charge in [-0.2, -0.15) is 0 Å². The number of hydrogen-bond acceptors (Lipinski definition) is 8. The van der Waals surface area contributed by atoms with Crippen LogP contribution in [0.25, 0.3) is 0 Å². The number of carbonyl (C=O) groups excluding carboxylic acids is 4. The number of rotatable bonds is 11. The Morgan fingerprint density at radius 3 is 1.25 bits per heavy atom. The van der Waals surface area contributed by atoms with Crippen LogP contribution in [0.4, 0.5) is 17.6 Å². The Bertz CT molecular complexity index is 1290. The minimum atomic E-state index is -3.22. The van der Waals surface area contributed by atoms with E-state index < -0.39 is 96.5 Å². The molecule has 2 amide bonds. The van der Waals surface area contributed by atoms with Crippen molar-refractivity contribution in [2.75, 3.05) is 0 Å². The maximum Gasteiger partial charge on any atom is 0.339 e. The molecule has 2 fully saturated rings. The van der Waals surface area contributed by atoms with Crippen LogP contribution in [0.2, 0.25) is 0 Å². The molecule has 0 saturated heterocycles. The first-order valence-electron chi connectivity index (χ1n) is 13.8. The van der Waals surface area contributed by atoms with E-state index in [9.17, 15) is 47.0 Å². The molecule has 0 bridgehead atoms. The molecule has 2 saturated carbocycles. The van der Waals surface area contributed by atoms with Crippen LogP contribution in [-0.4, -0.2) is 58.0 Å². The highest BCUT2D eigenvalue weighted by molar-refractivity contribution is 5.93. The summed E-state index contributed by atoms with van der Waals surface area (Å²) in [5.74, 6) is -15.4. The molecule has 6 N–H and O–H groups in total. The van der Waals surface area contributed by atoms with Gasteiger partial charge in [-0.25, -0.2) is 27.2 Å². The molecule has 0 aromatic heterocycles. The van der Waals surface area contributed by atoms with Crippen molar-refractivity contribution < 1.29 is 56.4 Å². The van der Waals surface area contributed by atoms with Gasteiger partial charge in [-0.15, -0.1) is 0 Å². The van der Waals surface area contributed by atoms with E-state index in [4.69, 9.17) is 20.9 Å². The molecule has 0 radical (unpaired) electrons. The van der Waals surface area contributed by atoms with Crippen molar-refractivity contribution in [2.24, 2.45) is 23.3 Å². The van der Waals surface area contributed by atoms with Gasteiger partial charge in [-0.05, 0) is 12.8 Å². The molecule has 0 aliphatic heterocycles. The normalized spacial score (nSPS) is 24.7. The highest BCUT2D eigenvalue weighted by Gasteiger charge is 2.59. The van der Waals surface area contributed by atoms with E-state index in [1.807, 2.05) is 0 Å². The molecule has 0 heterocycles. The predicted molar refractivity (Wildman–Crippen MR) is 143 cm³/mol. The number of carbonyl (C=O) groups is 4. The number of amides is 2. The van der Waals surface area contributed by atoms with Crippen molar-refractivity contribution >= 4 is 23.8 Å². The predicted octanol–water partition coefficient (Wildman–Crippen LogP) is 2.43. The molecule has 238 valence electrons. The van der Waals surface area contributed by atoms with Crippen LogP contribution < -0.4 is 11.5 Å². The molecular formula is C30H32F4N2O8. The molecule has 4 rings (SSSR count). The van der Waals surface area contributed by atoms with Gasteiger partial charge >= 0.3 is 11.9 Å². The number of benzene rings is 2. The number of nitrogens with two attached hydrogens (primary N) is 2. The number of aliphatic hydroxyl groups is 2. The summed E-state index contributed by atoms with van der Waals surface area (Å²) in [4.78, 5) is 52.1. The van der Waals surface area contributed by atoms with Crippen molar-refractivity contribution in [3.05, 3.63) is 71.8 Å². The van der Waals surface area contributed by atoms with Gasteiger partial charge in [0.05, 0.1) is 0 Å². The standard InChI is InChI=1S/C30H32F4N2O8/c31-27(32)13-11-19(15-27)29(25(35)41,17-7-3-1-4-8-17)43-23(39)21(37)22(38)24(40)44-30(26(36)42,18-9-5-2-6-10-18)20-12-14-28(33,34)16-20/h1-10,19-22,37-38H,11-16H2,(H2,35,41)(H2,36,42). The average molecular weight is 625 g/mol. The maximum absolute atomic E-state index is 14.2. The lowest BCUT2D eigenvalue weighted by Crippen LogP contribution is -2.55. The fourth-order valence-corrected chi connectivity index (χ4v) is 6.20. The van der Waals surface area contributed by atoms with Crippen LogP contribution >= 0.6 is 0 Å². The number of hydrogen-bond donors (Lipinski definition) is 4. The second kappa shape index (κ2) is 12.2. The molecule has 44 heavy (non-hydrogen) atoms. The molecule has 2 aromatic carbocycles. The van der Waals surface area contributed by atoms with Gasteiger partial charge in [-0.1, -0.05) is 60.7 Å². The summed E-state index contributed by atoms with van der Waals surface area (Å²) in [5.41, 5.74) is 6.00. The summed E-state index contributed by atoms with van der Waals surface area (Å²) < 4.78 is 67.6. The summed E-state index contributed by atoms with van der Waals surface area (Å²) >= 11 is 0. The van der Waals surface area contributed by atoms with Crippen LogP contribution in [0, 0.1) is 11.8 Å².